The standard InChI is InChI=1S/C20H20O3/c1-14-4-3-5-16(10-14)19-11-15(6-9-20(19)22-2)13-23-18-8-7-17(21)12-18/h3-6,9-12H,7-8,13H2,1-2H3. The van der Waals surface area contributed by atoms with Crippen molar-refractivity contribution < 1.29 is 14.3 Å². The Morgan fingerprint density at radius 3 is 2.65 bits per heavy atom. The van der Waals surface area contributed by atoms with Crippen LogP contribution in [0.1, 0.15) is 24.0 Å². The molecule has 0 bridgehead atoms. The number of rotatable bonds is 5. The van der Waals surface area contributed by atoms with E-state index < -0.39 is 0 Å². The fourth-order valence-electron chi connectivity index (χ4n) is 2.74. The van der Waals surface area contributed by atoms with E-state index in [2.05, 4.69) is 31.2 Å². The van der Waals surface area contributed by atoms with Gasteiger partial charge in [-0.1, -0.05) is 35.9 Å². The highest BCUT2D eigenvalue weighted by molar-refractivity contribution is 5.92. The molecule has 1 aliphatic carbocycles. The highest BCUT2D eigenvalue weighted by atomic mass is 16.5. The fourth-order valence-corrected chi connectivity index (χ4v) is 2.74. The minimum atomic E-state index is 0.148. The summed E-state index contributed by atoms with van der Waals surface area (Å²) in [6.45, 7) is 2.54. The first-order valence-electron chi connectivity index (χ1n) is 7.76. The lowest BCUT2D eigenvalue weighted by Gasteiger charge is -2.13. The zero-order valence-corrected chi connectivity index (χ0v) is 13.5. The molecule has 0 heterocycles. The molecule has 3 heteroatoms. The predicted octanol–water partition coefficient (Wildman–Crippen LogP) is 4.43. The van der Waals surface area contributed by atoms with E-state index in [1.165, 1.54) is 5.56 Å². The number of ether oxygens (including phenoxy) is 2. The van der Waals surface area contributed by atoms with Crippen LogP contribution in [0, 0.1) is 6.92 Å². The third-order valence-corrected chi connectivity index (χ3v) is 3.96. The molecule has 118 valence electrons. The van der Waals surface area contributed by atoms with Crippen LogP contribution in [-0.4, -0.2) is 12.9 Å². The molecule has 0 aromatic heterocycles. The van der Waals surface area contributed by atoms with Gasteiger partial charge in [-0.3, -0.25) is 4.79 Å². The summed E-state index contributed by atoms with van der Waals surface area (Å²) in [4.78, 5) is 11.2. The fraction of sp³-hybridized carbons (Fsp3) is 0.250. The summed E-state index contributed by atoms with van der Waals surface area (Å²) in [5, 5.41) is 0. The molecule has 23 heavy (non-hydrogen) atoms. The molecule has 0 fully saturated rings. The third-order valence-electron chi connectivity index (χ3n) is 3.96. The quantitative estimate of drug-likeness (QED) is 0.819. The van der Waals surface area contributed by atoms with Crippen molar-refractivity contribution in [2.45, 2.75) is 26.4 Å². The minimum absolute atomic E-state index is 0.148. The highest BCUT2D eigenvalue weighted by Crippen LogP contribution is 2.32. The topological polar surface area (TPSA) is 35.5 Å². The molecule has 1 aliphatic rings. The van der Waals surface area contributed by atoms with Gasteiger partial charge in [0.05, 0.1) is 7.11 Å². The summed E-state index contributed by atoms with van der Waals surface area (Å²) >= 11 is 0. The largest absolute Gasteiger partial charge is 0.496 e. The van der Waals surface area contributed by atoms with Gasteiger partial charge < -0.3 is 9.47 Å². The van der Waals surface area contributed by atoms with Crippen molar-refractivity contribution in [3.63, 3.8) is 0 Å². The Balaban J connectivity index is 1.84. The van der Waals surface area contributed by atoms with Gasteiger partial charge in [-0.05, 0) is 30.2 Å². The van der Waals surface area contributed by atoms with Gasteiger partial charge in [0.1, 0.15) is 18.1 Å². The highest BCUT2D eigenvalue weighted by Gasteiger charge is 2.13. The van der Waals surface area contributed by atoms with Gasteiger partial charge >= 0.3 is 0 Å². The number of carbonyl (C=O) groups excluding carboxylic acids is 1. The second-order valence-corrected chi connectivity index (χ2v) is 5.77. The lowest BCUT2D eigenvalue weighted by atomic mass is 10.0. The van der Waals surface area contributed by atoms with Gasteiger partial charge in [0, 0.05) is 24.5 Å². The zero-order chi connectivity index (χ0) is 16.2. The molecule has 0 N–H and O–H groups in total. The van der Waals surface area contributed by atoms with E-state index in [4.69, 9.17) is 9.47 Å². The third kappa shape index (κ3) is 3.62. The summed E-state index contributed by atoms with van der Waals surface area (Å²) < 4.78 is 11.2. The van der Waals surface area contributed by atoms with Gasteiger partial charge in [0.25, 0.3) is 0 Å². The van der Waals surface area contributed by atoms with E-state index in [-0.39, 0.29) is 5.78 Å². The Bertz CT molecular complexity index is 759. The molecular formula is C20H20O3. The Morgan fingerprint density at radius 2 is 1.96 bits per heavy atom. The summed E-state index contributed by atoms with van der Waals surface area (Å²) in [5.74, 6) is 1.77. The van der Waals surface area contributed by atoms with E-state index in [1.807, 2.05) is 18.2 Å². The van der Waals surface area contributed by atoms with E-state index in [0.29, 0.717) is 19.4 Å². The number of benzene rings is 2. The summed E-state index contributed by atoms with van der Waals surface area (Å²) in [6, 6.07) is 14.4. The molecule has 2 aromatic carbocycles. The molecule has 0 atom stereocenters. The van der Waals surface area contributed by atoms with E-state index in [1.54, 1.807) is 13.2 Å². The first kappa shape index (κ1) is 15.3. The molecule has 0 radical (unpaired) electrons. The van der Waals surface area contributed by atoms with Crippen molar-refractivity contribution in [3.05, 3.63) is 65.4 Å². The van der Waals surface area contributed by atoms with Gasteiger partial charge in [-0.25, -0.2) is 0 Å². The van der Waals surface area contributed by atoms with Gasteiger partial charge in [0.15, 0.2) is 5.78 Å². The van der Waals surface area contributed by atoms with Crippen LogP contribution in [0.25, 0.3) is 11.1 Å². The molecule has 3 nitrogen and oxygen atoms in total. The molecular weight excluding hydrogens is 288 g/mol. The van der Waals surface area contributed by atoms with Gasteiger partial charge in [-0.2, -0.15) is 0 Å². The molecule has 0 unspecified atom stereocenters. The van der Waals surface area contributed by atoms with Crippen molar-refractivity contribution in [1.82, 2.24) is 0 Å². The number of carbonyl (C=O) groups is 1. The van der Waals surface area contributed by atoms with Crippen molar-refractivity contribution in [2.24, 2.45) is 0 Å². The monoisotopic (exact) mass is 308 g/mol. The van der Waals surface area contributed by atoms with Crippen molar-refractivity contribution in [3.8, 4) is 16.9 Å². The molecule has 0 spiro atoms. The van der Waals surface area contributed by atoms with Crippen LogP contribution in [0.5, 0.6) is 5.75 Å². The summed E-state index contributed by atoms with van der Waals surface area (Å²) in [7, 11) is 1.68. The average Bonchev–Trinajstić information content (AvgIpc) is 2.98. The number of ketones is 1. The van der Waals surface area contributed by atoms with Crippen LogP contribution in [0.3, 0.4) is 0 Å². The maximum atomic E-state index is 11.2. The lowest BCUT2D eigenvalue weighted by molar-refractivity contribution is -0.114. The maximum absolute atomic E-state index is 11.2. The van der Waals surface area contributed by atoms with Crippen LogP contribution in [0.4, 0.5) is 0 Å². The molecule has 2 aromatic rings. The van der Waals surface area contributed by atoms with Crippen LogP contribution in [0.2, 0.25) is 0 Å². The minimum Gasteiger partial charge on any atom is -0.496 e. The lowest BCUT2D eigenvalue weighted by Crippen LogP contribution is -1.95. The number of methoxy groups -OCH3 is 1. The molecule has 0 saturated carbocycles. The smallest absolute Gasteiger partial charge is 0.159 e. The van der Waals surface area contributed by atoms with Gasteiger partial charge in [0.2, 0.25) is 0 Å². The Morgan fingerprint density at radius 1 is 1.09 bits per heavy atom. The molecule has 0 saturated heterocycles. The number of hydrogen-bond donors (Lipinski definition) is 0. The molecule has 0 aliphatic heterocycles. The molecule has 0 amide bonds. The average molecular weight is 308 g/mol. The first-order chi connectivity index (χ1) is 11.2. The number of hydrogen-bond acceptors (Lipinski definition) is 3. The number of allylic oxidation sites excluding steroid dienone is 2. The maximum Gasteiger partial charge on any atom is 0.159 e. The zero-order valence-electron chi connectivity index (χ0n) is 13.5. The van der Waals surface area contributed by atoms with Gasteiger partial charge in [-0.15, -0.1) is 0 Å². The SMILES string of the molecule is COc1ccc(COC2=CC(=O)CC2)cc1-c1cccc(C)c1. The second-order valence-electron chi connectivity index (χ2n) is 5.77. The van der Waals surface area contributed by atoms with Crippen LogP contribution < -0.4 is 4.74 Å². The summed E-state index contributed by atoms with van der Waals surface area (Å²) in [5.41, 5.74) is 4.44. The van der Waals surface area contributed by atoms with Crippen LogP contribution in [0.15, 0.2) is 54.3 Å². The van der Waals surface area contributed by atoms with Crippen molar-refractivity contribution in [2.75, 3.05) is 7.11 Å². The van der Waals surface area contributed by atoms with Crippen LogP contribution >= 0.6 is 0 Å². The normalized spacial score (nSPS) is 13.8. The molecule has 3 rings (SSSR count). The Kier molecular flexibility index (Phi) is 4.47. The van der Waals surface area contributed by atoms with Crippen molar-refractivity contribution >= 4 is 5.78 Å². The van der Waals surface area contributed by atoms with E-state index in [9.17, 15) is 4.79 Å². The van der Waals surface area contributed by atoms with Crippen LogP contribution in [-0.2, 0) is 16.1 Å². The Hall–Kier alpha value is -2.55. The van der Waals surface area contributed by atoms with Crippen molar-refractivity contribution in [1.29, 1.82) is 0 Å². The number of aryl methyl sites for hydroxylation is 1. The summed E-state index contributed by atoms with van der Waals surface area (Å²) in [6.07, 6.45) is 2.87. The second kappa shape index (κ2) is 6.69. The van der Waals surface area contributed by atoms with E-state index in [0.717, 1.165) is 28.2 Å². The van der Waals surface area contributed by atoms with E-state index >= 15 is 0 Å². The Labute approximate surface area is 136 Å². The first-order valence-corrected chi connectivity index (χ1v) is 7.76. The predicted molar refractivity (Wildman–Crippen MR) is 90.3 cm³/mol.